The number of guanidine groups is 1. The number of benzene rings is 2. The molecular formula is C23H32N4O. The highest BCUT2D eigenvalue weighted by molar-refractivity contribution is 5.79. The molecular weight excluding hydrogens is 348 g/mol. The van der Waals surface area contributed by atoms with E-state index in [2.05, 4.69) is 82.9 Å². The molecule has 0 amide bonds. The Balaban J connectivity index is 1.63. The maximum absolute atomic E-state index is 5.55. The van der Waals surface area contributed by atoms with E-state index in [0.29, 0.717) is 6.04 Å². The van der Waals surface area contributed by atoms with Gasteiger partial charge in [0.2, 0.25) is 0 Å². The molecule has 5 nitrogen and oxygen atoms in total. The van der Waals surface area contributed by atoms with E-state index in [1.807, 2.05) is 7.05 Å². The Morgan fingerprint density at radius 3 is 2.46 bits per heavy atom. The molecule has 1 aliphatic rings. The first-order valence-electron chi connectivity index (χ1n) is 10.0. The predicted octanol–water partition coefficient (Wildman–Crippen LogP) is 3.04. The molecule has 1 saturated heterocycles. The molecule has 5 heteroatoms. The number of hydrogen-bond donors (Lipinski definition) is 2. The molecule has 28 heavy (non-hydrogen) atoms. The van der Waals surface area contributed by atoms with E-state index in [9.17, 15) is 0 Å². The molecule has 2 N–H and O–H groups in total. The average molecular weight is 381 g/mol. The van der Waals surface area contributed by atoms with Crippen LogP contribution in [0.2, 0.25) is 0 Å². The van der Waals surface area contributed by atoms with Gasteiger partial charge in [-0.1, -0.05) is 59.7 Å². The van der Waals surface area contributed by atoms with Gasteiger partial charge in [0.1, 0.15) is 0 Å². The Morgan fingerprint density at radius 1 is 1.04 bits per heavy atom. The van der Waals surface area contributed by atoms with Crippen LogP contribution in [0.3, 0.4) is 0 Å². The van der Waals surface area contributed by atoms with Crippen molar-refractivity contribution in [2.24, 2.45) is 4.99 Å². The van der Waals surface area contributed by atoms with Gasteiger partial charge in [0.15, 0.2) is 5.96 Å². The van der Waals surface area contributed by atoms with Crippen LogP contribution in [0.15, 0.2) is 53.5 Å². The van der Waals surface area contributed by atoms with Crippen LogP contribution in [0, 0.1) is 13.8 Å². The standard InChI is InChI=1S/C23H32N4O/c1-18-7-9-20(10-8-18)16-25-23(24-3)26-17-22(27-11-13-28-14-12-27)21-6-4-5-19(2)15-21/h4-10,15,22H,11-14,16-17H2,1-3H3,(H2,24,25,26). The van der Waals surface area contributed by atoms with Gasteiger partial charge in [-0.25, -0.2) is 0 Å². The summed E-state index contributed by atoms with van der Waals surface area (Å²) in [4.78, 5) is 6.90. The summed E-state index contributed by atoms with van der Waals surface area (Å²) in [5.74, 6) is 0.825. The first kappa shape index (κ1) is 20.4. The second kappa shape index (κ2) is 10.2. The molecule has 0 spiro atoms. The van der Waals surface area contributed by atoms with Gasteiger partial charge < -0.3 is 15.4 Å². The van der Waals surface area contributed by atoms with Crippen molar-refractivity contribution >= 4 is 5.96 Å². The SMILES string of the molecule is CN=C(NCc1ccc(C)cc1)NCC(c1cccc(C)c1)N1CCOCC1. The van der Waals surface area contributed by atoms with Crippen molar-refractivity contribution in [1.82, 2.24) is 15.5 Å². The number of morpholine rings is 1. The molecule has 2 aromatic rings. The van der Waals surface area contributed by atoms with E-state index in [-0.39, 0.29) is 0 Å². The van der Waals surface area contributed by atoms with Gasteiger partial charge in [0.05, 0.1) is 19.3 Å². The molecule has 0 aromatic heterocycles. The highest BCUT2D eigenvalue weighted by Gasteiger charge is 2.23. The fourth-order valence-electron chi connectivity index (χ4n) is 3.53. The van der Waals surface area contributed by atoms with Crippen LogP contribution in [0.1, 0.15) is 28.3 Å². The summed E-state index contributed by atoms with van der Waals surface area (Å²) in [7, 11) is 1.82. The minimum absolute atomic E-state index is 0.293. The molecule has 0 radical (unpaired) electrons. The van der Waals surface area contributed by atoms with Crippen molar-refractivity contribution in [3.8, 4) is 0 Å². The number of ether oxygens (including phenoxy) is 1. The van der Waals surface area contributed by atoms with E-state index >= 15 is 0 Å². The van der Waals surface area contributed by atoms with Crippen molar-refractivity contribution in [3.63, 3.8) is 0 Å². The fourth-order valence-corrected chi connectivity index (χ4v) is 3.53. The first-order chi connectivity index (χ1) is 13.7. The fraction of sp³-hybridized carbons (Fsp3) is 0.435. The lowest BCUT2D eigenvalue weighted by atomic mass is 10.0. The summed E-state index contributed by atoms with van der Waals surface area (Å²) < 4.78 is 5.55. The number of aryl methyl sites for hydroxylation is 2. The van der Waals surface area contributed by atoms with E-state index in [4.69, 9.17) is 4.74 Å². The molecule has 1 unspecified atom stereocenters. The van der Waals surface area contributed by atoms with E-state index in [0.717, 1.165) is 45.4 Å². The Morgan fingerprint density at radius 2 is 1.79 bits per heavy atom. The molecule has 0 aliphatic carbocycles. The summed E-state index contributed by atoms with van der Waals surface area (Å²) >= 11 is 0. The predicted molar refractivity (Wildman–Crippen MR) is 116 cm³/mol. The molecule has 1 heterocycles. The molecule has 2 aromatic carbocycles. The summed E-state index contributed by atoms with van der Waals surface area (Å²) in [5.41, 5.74) is 5.15. The van der Waals surface area contributed by atoms with Crippen molar-refractivity contribution in [1.29, 1.82) is 0 Å². The quantitative estimate of drug-likeness (QED) is 0.597. The van der Waals surface area contributed by atoms with Crippen molar-refractivity contribution in [2.45, 2.75) is 26.4 Å². The van der Waals surface area contributed by atoms with Crippen molar-refractivity contribution in [3.05, 3.63) is 70.8 Å². The van der Waals surface area contributed by atoms with Gasteiger partial charge in [-0.3, -0.25) is 9.89 Å². The third-order valence-electron chi connectivity index (χ3n) is 5.18. The second-order valence-electron chi connectivity index (χ2n) is 7.37. The first-order valence-corrected chi connectivity index (χ1v) is 10.0. The van der Waals surface area contributed by atoms with E-state index in [1.165, 1.54) is 22.3 Å². The van der Waals surface area contributed by atoms with Crippen LogP contribution in [0.4, 0.5) is 0 Å². The number of nitrogens with one attached hydrogen (secondary N) is 2. The van der Waals surface area contributed by atoms with Gasteiger partial charge in [-0.15, -0.1) is 0 Å². The maximum Gasteiger partial charge on any atom is 0.191 e. The Hall–Kier alpha value is -2.37. The zero-order valence-electron chi connectivity index (χ0n) is 17.2. The van der Waals surface area contributed by atoms with Crippen LogP contribution >= 0.6 is 0 Å². The minimum atomic E-state index is 0.293. The normalized spacial score (nSPS) is 16.6. The van der Waals surface area contributed by atoms with Crippen LogP contribution < -0.4 is 10.6 Å². The van der Waals surface area contributed by atoms with Gasteiger partial charge in [0, 0.05) is 33.2 Å². The molecule has 1 fully saturated rings. The average Bonchev–Trinajstić information content (AvgIpc) is 2.72. The molecule has 150 valence electrons. The van der Waals surface area contributed by atoms with Crippen molar-refractivity contribution in [2.75, 3.05) is 39.9 Å². The zero-order valence-corrected chi connectivity index (χ0v) is 17.2. The third-order valence-corrected chi connectivity index (χ3v) is 5.18. The lowest BCUT2D eigenvalue weighted by molar-refractivity contribution is 0.0170. The molecule has 0 bridgehead atoms. The molecule has 3 rings (SSSR count). The van der Waals surface area contributed by atoms with Crippen LogP contribution in [-0.2, 0) is 11.3 Å². The van der Waals surface area contributed by atoms with Crippen LogP contribution in [0.5, 0.6) is 0 Å². The largest absolute Gasteiger partial charge is 0.379 e. The molecule has 1 atom stereocenters. The molecule has 0 saturated carbocycles. The number of nitrogens with zero attached hydrogens (tertiary/aromatic N) is 2. The lowest BCUT2D eigenvalue weighted by Gasteiger charge is -2.35. The topological polar surface area (TPSA) is 48.9 Å². The number of rotatable bonds is 6. The Labute approximate surface area is 168 Å². The summed E-state index contributed by atoms with van der Waals surface area (Å²) in [6.07, 6.45) is 0. The van der Waals surface area contributed by atoms with E-state index < -0.39 is 0 Å². The molecule has 1 aliphatic heterocycles. The summed E-state index contributed by atoms with van der Waals surface area (Å²) in [5, 5.41) is 6.94. The summed E-state index contributed by atoms with van der Waals surface area (Å²) in [6, 6.07) is 17.7. The lowest BCUT2D eigenvalue weighted by Crippen LogP contribution is -2.46. The van der Waals surface area contributed by atoms with E-state index in [1.54, 1.807) is 0 Å². The Bertz CT molecular complexity index is 766. The third kappa shape index (κ3) is 5.81. The zero-order chi connectivity index (χ0) is 19.8. The summed E-state index contributed by atoms with van der Waals surface area (Å²) in [6.45, 7) is 9.31. The van der Waals surface area contributed by atoms with Gasteiger partial charge in [-0.05, 0) is 25.0 Å². The van der Waals surface area contributed by atoms with Crippen molar-refractivity contribution < 1.29 is 4.74 Å². The van der Waals surface area contributed by atoms with Gasteiger partial charge in [0.25, 0.3) is 0 Å². The monoisotopic (exact) mass is 380 g/mol. The van der Waals surface area contributed by atoms with Gasteiger partial charge in [-0.2, -0.15) is 0 Å². The van der Waals surface area contributed by atoms with Gasteiger partial charge >= 0.3 is 0 Å². The highest BCUT2D eigenvalue weighted by atomic mass is 16.5. The highest BCUT2D eigenvalue weighted by Crippen LogP contribution is 2.22. The smallest absolute Gasteiger partial charge is 0.191 e. The van der Waals surface area contributed by atoms with Crippen LogP contribution in [-0.4, -0.2) is 50.8 Å². The Kier molecular flexibility index (Phi) is 7.46. The number of aliphatic imine (C=N–C) groups is 1. The van der Waals surface area contributed by atoms with Crippen LogP contribution in [0.25, 0.3) is 0 Å². The minimum Gasteiger partial charge on any atom is -0.379 e. The number of hydrogen-bond acceptors (Lipinski definition) is 3. The maximum atomic E-state index is 5.55. The second-order valence-corrected chi connectivity index (χ2v) is 7.37.